The predicted octanol–water partition coefficient (Wildman–Crippen LogP) is 2.89. The number of methoxy groups -OCH3 is 3. The van der Waals surface area contributed by atoms with Crippen molar-refractivity contribution in [2.45, 2.75) is 32.7 Å². The standard InChI is InChI=1S/C23H28N2O7S/c1-6-14-7-9-15(10-8-14)13(2)24-12-17(26)25-21-19(22(28)31-4)16(11-18(27)30-3)20(33-21)23(29)32-5/h7-10,13,24H,6,11-12H2,1-5H3,(H,25,26)/t13-/m0/s1. The lowest BCUT2D eigenvalue weighted by Crippen LogP contribution is -2.30. The monoisotopic (exact) mass is 476 g/mol. The topological polar surface area (TPSA) is 120 Å². The predicted molar refractivity (Wildman–Crippen MR) is 124 cm³/mol. The van der Waals surface area contributed by atoms with Crippen LogP contribution in [0.2, 0.25) is 0 Å². The lowest BCUT2D eigenvalue weighted by Gasteiger charge is -2.14. The van der Waals surface area contributed by atoms with Crippen LogP contribution >= 0.6 is 11.3 Å². The van der Waals surface area contributed by atoms with Gasteiger partial charge < -0.3 is 24.8 Å². The molecule has 2 rings (SSSR count). The maximum Gasteiger partial charge on any atom is 0.348 e. The van der Waals surface area contributed by atoms with Crippen molar-refractivity contribution in [3.8, 4) is 0 Å². The number of hydrogen-bond acceptors (Lipinski definition) is 9. The van der Waals surface area contributed by atoms with Gasteiger partial charge in [-0.15, -0.1) is 11.3 Å². The van der Waals surface area contributed by atoms with Crippen molar-refractivity contribution in [3.05, 3.63) is 51.4 Å². The smallest absolute Gasteiger partial charge is 0.348 e. The SMILES string of the molecule is CCc1ccc([C@H](C)NCC(=O)Nc2sc(C(=O)OC)c(CC(=O)OC)c2C(=O)OC)cc1. The molecule has 0 aliphatic heterocycles. The maximum absolute atomic E-state index is 12.6. The van der Waals surface area contributed by atoms with Crippen LogP contribution in [-0.4, -0.2) is 51.7 Å². The van der Waals surface area contributed by atoms with Crippen molar-refractivity contribution in [2.75, 3.05) is 33.2 Å². The first-order valence-corrected chi connectivity index (χ1v) is 11.1. The summed E-state index contributed by atoms with van der Waals surface area (Å²) < 4.78 is 14.2. The molecule has 0 unspecified atom stereocenters. The molecule has 0 saturated heterocycles. The molecule has 1 atom stereocenters. The van der Waals surface area contributed by atoms with Crippen LogP contribution in [0.4, 0.5) is 5.00 Å². The minimum atomic E-state index is -0.798. The Morgan fingerprint density at radius 2 is 1.61 bits per heavy atom. The van der Waals surface area contributed by atoms with Gasteiger partial charge in [0.25, 0.3) is 0 Å². The summed E-state index contributed by atoms with van der Waals surface area (Å²) >= 11 is 0.835. The van der Waals surface area contributed by atoms with Crippen molar-refractivity contribution in [1.29, 1.82) is 0 Å². The van der Waals surface area contributed by atoms with Crippen LogP contribution < -0.4 is 10.6 Å². The van der Waals surface area contributed by atoms with E-state index in [-0.39, 0.29) is 40.0 Å². The molecular weight excluding hydrogens is 448 g/mol. The number of ether oxygens (including phenoxy) is 3. The molecule has 0 bridgehead atoms. The highest BCUT2D eigenvalue weighted by molar-refractivity contribution is 7.18. The van der Waals surface area contributed by atoms with Crippen molar-refractivity contribution >= 4 is 40.2 Å². The Hall–Kier alpha value is -3.24. The largest absolute Gasteiger partial charge is 0.469 e. The molecule has 0 fully saturated rings. The Balaban J connectivity index is 2.23. The highest BCUT2D eigenvalue weighted by Crippen LogP contribution is 2.35. The third kappa shape index (κ3) is 6.62. The van der Waals surface area contributed by atoms with E-state index in [1.54, 1.807) is 0 Å². The molecule has 0 aliphatic carbocycles. The summed E-state index contributed by atoms with van der Waals surface area (Å²) in [5.74, 6) is -2.63. The summed E-state index contributed by atoms with van der Waals surface area (Å²) in [7, 11) is 3.53. The Bertz CT molecular complexity index is 1010. The van der Waals surface area contributed by atoms with E-state index in [1.807, 2.05) is 31.2 Å². The zero-order valence-electron chi connectivity index (χ0n) is 19.3. The number of carbonyl (C=O) groups is 4. The molecule has 1 aromatic carbocycles. The minimum absolute atomic E-state index is 0.0101. The minimum Gasteiger partial charge on any atom is -0.469 e. The highest BCUT2D eigenvalue weighted by atomic mass is 32.1. The number of amides is 1. The fourth-order valence-electron chi connectivity index (χ4n) is 3.09. The van der Waals surface area contributed by atoms with Crippen molar-refractivity contribution < 1.29 is 33.4 Å². The third-order valence-electron chi connectivity index (χ3n) is 5.03. The number of nitrogens with one attached hydrogen (secondary N) is 2. The summed E-state index contributed by atoms with van der Waals surface area (Å²) in [4.78, 5) is 49.2. The Kier molecular flexibility index (Phi) is 9.56. The fraction of sp³-hybridized carbons (Fsp3) is 0.391. The molecule has 178 valence electrons. The van der Waals surface area contributed by atoms with Gasteiger partial charge in [-0.25, -0.2) is 9.59 Å². The van der Waals surface area contributed by atoms with E-state index in [9.17, 15) is 19.2 Å². The number of carbonyl (C=O) groups excluding carboxylic acids is 4. The summed E-state index contributed by atoms with van der Waals surface area (Å²) in [5, 5.41) is 5.86. The van der Waals surface area contributed by atoms with Gasteiger partial charge in [0.2, 0.25) is 5.91 Å². The van der Waals surface area contributed by atoms with E-state index in [0.717, 1.165) is 23.3 Å². The normalized spacial score (nSPS) is 11.4. The van der Waals surface area contributed by atoms with Gasteiger partial charge in [0.15, 0.2) is 0 Å². The van der Waals surface area contributed by atoms with E-state index in [1.165, 1.54) is 26.9 Å². The number of aryl methyl sites for hydroxylation is 1. The first-order valence-electron chi connectivity index (χ1n) is 10.3. The van der Waals surface area contributed by atoms with Gasteiger partial charge in [-0.1, -0.05) is 31.2 Å². The maximum atomic E-state index is 12.6. The number of anilines is 1. The van der Waals surface area contributed by atoms with Gasteiger partial charge in [0.1, 0.15) is 9.88 Å². The molecule has 0 aliphatic rings. The Morgan fingerprint density at radius 1 is 0.970 bits per heavy atom. The highest BCUT2D eigenvalue weighted by Gasteiger charge is 2.30. The molecule has 2 aromatic rings. The van der Waals surface area contributed by atoms with Gasteiger partial charge in [-0.05, 0) is 24.5 Å². The molecule has 9 nitrogen and oxygen atoms in total. The van der Waals surface area contributed by atoms with Gasteiger partial charge in [-0.3, -0.25) is 9.59 Å². The summed E-state index contributed by atoms with van der Waals surface area (Å²) in [6, 6.07) is 8.00. The van der Waals surface area contributed by atoms with Crippen LogP contribution in [0.25, 0.3) is 0 Å². The first kappa shape index (κ1) is 26.0. The number of esters is 3. The number of rotatable bonds is 10. The average Bonchev–Trinajstić information content (AvgIpc) is 3.18. The van der Waals surface area contributed by atoms with Gasteiger partial charge >= 0.3 is 17.9 Å². The second-order valence-electron chi connectivity index (χ2n) is 7.10. The molecule has 1 heterocycles. The third-order valence-corrected chi connectivity index (χ3v) is 6.15. The number of hydrogen-bond donors (Lipinski definition) is 2. The van der Waals surface area contributed by atoms with Crippen LogP contribution in [0.3, 0.4) is 0 Å². The van der Waals surface area contributed by atoms with Gasteiger partial charge in [0.05, 0.1) is 39.9 Å². The molecule has 2 N–H and O–H groups in total. The van der Waals surface area contributed by atoms with Crippen molar-refractivity contribution in [3.63, 3.8) is 0 Å². The van der Waals surface area contributed by atoms with Crippen LogP contribution in [0.5, 0.6) is 0 Å². The van der Waals surface area contributed by atoms with Gasteiger partial charge in [-0.2, -0.15) is 0 Å². The first-order chi connectivity index (χ1) is 15.7. The second-order valence-corrected chi connectivity index (χ2v) is 8.12. The number of thiophene rings is 1. The van der Waals surface area contributed by atoms with E-state index < -0.39 is 23.8 Å². The molecule has 0 spiro atoms. The molecule has 0 radical (unpaired) electrons. The van der Waals surface area contributed by atoms with Crippen LogP contribution in [0.15, 0.2) is 24.3 Å². The average molecular weight is 477 g/mol. The van der Waals surface area contributed by atoms with Crippen LogP contribution in [-0.2, 0) is 36.6 Å². The summed E-state index contributed by atoms with van der Waals surface area (Å²) in [6.07, 6.45) is 0.583. The van der Waals surface area contributed by atoms with E-state index in [4.69, 9.17) is 9.47 Å². The summed E-state index contributed by atoms with van der Waals surface area (Å²) in [5.41, 5.74) is 2.25. The molecule has 1 amide bonds. The van der Waals surface area contributed by atoms with E-state index in [0.29, 0.717) is 0 Å². The van der Waals surface area contributed by atoms with E-state index >= 15 is 0 Å². The fourth-order valence-corrected chi connectivity index (χ4v) is 4.23. The molecule has 33 heavy (non-hydrogen) atoms. The lowest BCUT2D eigenvalue weighted by molar-refractivity contribution is -0.139. The summed E-state index contributed by atoms with van der Waals surface area (Å²) in [6.45, 7) is 3.97. The molecule has 10 heteroatoms. The Morgan fingerprint density at radius 3 is 2.15 bits per heavy atom. The zero-order chi connectivity index (χ0) is 24.5. The van der Waals surface area contributed by atoms with Crippen molar-refractivity contribution in [2.24, 2.45) is 0 Å². The quantitative estimate of drug-likeness (QED) is 0.397. The lowest BCUT2D eigenvalue weighted by atomic mass is 10.1. The van der Waals surface area contributed by atoms with Crippen molar-refractivity contribution in [1.82, 2.24) is 5.32 Å². The van der Waals surface area contributed by atoms with Crippen LogP contribution in [0.1, 0.15) is 56.6 Å². The Labute approximate surface area is 196 Å². The molecule has 0 saturated carbocycles. The molecule has 1 aromatic heterocycles. The second kappa shape index (κ2) is 12.1. The zero-order valence-corrected chi connectivity index (χ0v) is 20.1. The molecular formula is C23H28N2O7S. The van der Waals surface area contributed by atoms with E-state index in [2.05, 4.69) is 22.3 Å². The number of benzene rings is 1. The van der Waals surface area contributed by atoms with Crippen LogP contribution in [0, 0.1) is 0 Å². The van der Waals surface area contributed by atoms with Gasteiger partial charge in [0, 0.05) is 11.6 Å².